The van der Waals surface area contributed by atoms with Gasteiger partial charge in [-0.15, -0.1) is 0 Å². The summed E-state index contributed by atoms with van der Waals surface area (Å²) in [5.74, 6) is -0.705. The van der Waals surface area contributed by atoms with Gasteiger partial charge in [-0.3, -0.25) is 4.79 Å². The van der Waals surface area contributed by atoms with Crippen molar-refractivity contribution in [1.29, 1.82) is 0 Å². The van der Waals surface area contributed by atoms with Crippen LogP contribution in [0.25, 0.3) is 0 Å². The Morgan fingerprint density at radius 1 is 1.22 bits per heavy atom. The fourth-order valence-electron chi connectivity index (χ4n) is 2.93. The number of aliphatic hydroxyl groups is 1. The van der Waals surface area contributed by atoms with Crippen LogP contribution in [0.1, 0.15) is 43.2 Å². The Morgan fingerprint density at radius 3 is 2.56 bits per heavy atom. The molecule has 1 saturated carbocycles. The lowest BCUT2D eigenvalue weighted by molar-refractivity contribution is -0.145. The summed E-state index contributed by atoms with van der Waals surface area (Å²) in [6.07, 6.45) is 5.14. The zero-order valence-corrected chi connectivity index (χ0v) is 10.6. The Bertz CT molecular complexity index is 420. The van der Waals surface area contributed by atoms with E-state index in [1.54, 1.807) is 0 Å². The molecule has 0 heterocycles. The highest BCUT2D eigenvalue weighted by molar-refractivity contribution is 5.81. The third-order valence-corrected chi connectivity index (χ3v) is 4.00. The van der Waals surface area contributed by atoms with Crippen LogP contribution >= 0.6 is 0 Å². The van der Waals surface area contributed by atoms with Gasteiger partial charge in [0.05, 0.1) is 5.41 Å². The van der Waals surface area contributed by atoms with Gasteiger partial charge in [0.15, 0.2) is 0 Å². The number of carboxylic acids is 1. The number of aliphatic carboxylic acids is 1. The van der Waals surface area contributed by atoms with Crippen molar-refractivity contribution in [3.63, 3.8) is 0 Å². The normalized spacial score (nSPS) is 18.5. The van der Waals surface area contributed by atoms with Gasteiger partial charge in [-0.05, 0) is 30.4 Å². The van der Waals surface area contributed by atoms with E-state index in [9.17, 15) is 9.90 Å². The summed E-state index contributed by atoms with van der Waals surface area (Å²) in [6, 6.07) is 7.72. The molecule has 98 valence electrons. The first-order valence-corrected chi connectivity index (χ1v) is 6.63. The zero-order valence-electron chi connectivity index (χ0n) is 10.6. The quantitative estimate of drug-likeness (QED) is 0.860. The van der Waals surface area contributed by atoms with E-state index in [1.807, 2.05) is 24.3 Å². The zero-order chi connectivity index (χ0) is 13.0. The molecule has 1 fully saturated rings. The van der Waals surface area contributed by atoms with E-state index >= 15 is 0 Å². The van der Waals surface area contributed by atoms with Crippen molar-refractivity contribution in [3.05, 3.63) is 35.4 Å². The van der Waals surface area contributed by atoms with Gasteiger partial charge in [0, 0.05) is 6.61 Å². The minimum Gasteiger partial charge on any atom is -0.481 e. The summed E-state index contributed by atoms with van der Waals surface area (Å²) < 4.78 is 0. The lowest BCUT2D eigenvalue weighted by Gasteiger charge is -2.33. The van der Waals surface area contributed by atoms with E-state index in [-0.39, 0.29) is 6.61 Å². The summed E-state index contributed by atoms with van der Waals surface area (Å²) in [5.41, 5.74) is 1.21. The molecule has 2 N–H and O–H groups in total. The Hall–Kier alpha value is -1.35. The first-order valence-electron chi connectivity index (χ1n) is 6.63. The van der Waals surface area contributed by atoms with Crippen LogP contribution < -0.4 is 0 Å². The Balaban J connectivity index is 2.36. The number of aliphatic hydroxyl groups excluding tert-OH is 1. The maximum atomic E-state index is 11.7. The largest absolute Gasteiger partial charge is 0.481 e. The Labute approximate surface area is 107 Å². The molecule has 1 aliphatic carbocycles. The molecule has 2 rings (SSSR count). The molecule has 0 saturated heterocycles. The maximum absolute atomic E-state index is 11.7. The number of carbonyl (C=O) groups is 1. The van der Waals surface area contributed by atoms with Gasteiger partial charge in [0.1, 0.15) is 0 Å². The van der Waals surface area contributed by atoms with Crippen molar-refractivity contribution in [1.82, 2.24) is 0 Å². The first kappa shape index (κ1) is 13.1. The molecule has 0 bridgehead atoms. The summed E-state index contributed by atoms with van der Waals surface area (Å²) in [6.45, 7) is 0.101. The minimum absolute atomic E-state index is 0.101. The van der Waals surface area contributed by atoms with Gasteiger partial charge >= 0.3 is 5.97 Å². The van der Waals surface area contributed by atoms with Crippen LogP contribution in [0, 0.1) is 0 Å². The smallest absolute Gasteiger partial charge is 0.314 e. The van der Waals surface area contributed by atoms with Crippen LogP contribution in [0.3, 0.4) is 0 Å². The molecule has 0 unspecified atom stereocenters. The van der Waals surface area contributed by atoms with E-state index in [0.717, 1.165) is 43.2 Å². The first-order chi connectivity index (χ1) is 8.69. The molecule has 0 aliphatic heterocycles. The third kappa shape index (κ3) is 2.41. The van der Waals surface area contributed by atoms with Crippen LogP contribution in [-0.2, 0) is 16.6 Å². The summed E-state index contributed by atoms with van der Waals surface area (Å²) in [7, 11) is 0. The second-order valence-electron chi connectivity index (χ2n) is 5.12. The number of carboxylic acid groups (broad SMARTS) is 1. The molecular formula is C15H20O3. The molecule has 18 heavy (non-hydrogen) atoms. The summed E-state index contributed by atoms with van der Waals surface area (Å²) >= 11 is 0. The van der Waals surface area contributed by atoms with E-state index < -0.39 is 11.4 Å². The molecule has 0 spiro atoms. The SMILES string of the molecule is O=C(O)C1(c2cccc(CCO)c2)CCCCC1. The van der Waals surface area contributed by atoms with Gasteiger partial charge in [-0.2, -0.15) is 0 Å². The predicted octanol–water partition coefficient (Wildman–Crippen LogP) is 2.51. The van der Waals surface area contributed by atoms with Crippen molar-refractivity contribution in [2.45, 2.75) is 43.9 Å². The van der Waals surface area contributed by atoms with E-state index in [2.05, 4.69) is 0 Å². The standard InChI is InChI=1S/C15H20O3/c16-10-7-12-5-4-6-13(11-12)15(14(17)18)8-2-1-3-9-15/h4-6,11,16H,1-3,7-10H2,(H,17,18). The molecule has 3 nitrogen and oxygen atoms in total. The highest BCUT2D eigenvalue weighted by Crippen LogP contribution is 2.40. The average molecular weight is 248 g/mol. The fraction of sp³-hybridized carbons (Fsp3) is 0.533. The van der Waals surface area contributed by atoms with Crippen molar-refractivity contribution < 1.29 is 15.0 Å². The second-order valence-corrected chi connectivity index (χ2v) is 5.12. The van der Waals surface area contributed by atoms with Crippen LogP contribution in [0.2, 0.25) is 0 Å². The molecule has 1 aromatic rings. The molecule has 3 heteroatoms. The topological polar surface area (TPSA) is 57.5 Å². The van der Waals surface area contributed by atoms with Crippen molar-refractivity contribution in [2.24, 2.45) is 0 Å². The maximum Gasteiger partial charge on any atom is 0.314 e. The fourth-order valence-corrected chi connectivity index (χ4v) is 2.93. The van der Waals surface area contributed by atoms with Gasteiger partial charge in [0.2, 0.25) is 0 Å². The van der Waals surface area contributed by atoms with E-state index in [1.165, 1.54) is 0 Å². The molecule has 0 aromatic heterocycles. The van der Waals surface area contributed by atoms with Crippen LogP contribution in [0.5, 0.6) is 0 Å². The minimum atomic E-state index is -0.705. The highest BCUT2D eigenvalue weighted by Gasteiger charge is 2.41. The van der Waals surface area contributed by atoms with Gasteiger partial charge in [0.25, 0.3) is 0 Å². The van der Waals surface area contributed by atoms with Crippen molar-refractivity contribution in [3.8, 4) is 0 Å². The average Bonchev–Trinajstić information content (AvgIpc) is 2.40. The molecule has 1 aliphatic rings. The van der Waals surface area contributed by atoms with Gasteiger partial charge < -0.3 is 10.2 Å². The summed E-state index contributed by atoms with van der Waals surface area (Å²) in [4.78, 5) is 11.7. The molecule has 0 atom stereocenters. The van der Waals surface area contributed by atoms with Gasteiger partial charge in [-0.1, -0.05) is 43.5 Å². The molecule has 1 aromatic carbocycles. The Morgan fingerprint density at radius 2 is 1.94 bits per heavy atom. The lowest BCUT2D eigenvalue weighted by atomic mass is 9.69. The third-order valence-electron chi connectivity index (χ3n) is 4.00. The summed E-state index contributed by atoms with van der Waals surface area (Å²) in [5, 5.41) is 18.6. The molecular weight excluding hydrogens is 228 g/mol. The predicted molar refractivity (Wildman–Crippen MR) is 69.6 cm³/mol. The lowest BCUT2D eigenvalue weighted by Crippen LogP contribution is -2.37. The van der Waals surface area contributed by atoms with E-state index in [0.29, 0.717) is 6.42 Å². The second kappa shape index (κ2) is 5.53. The van der Waals surface area contributed by atoms with Crippen LogP contribution in [0.4, 0.5) is 0 Å². The van der Waals surface area contributed by atoms with Crippen molar-refractivity contribution >= 4 is 5.97 Å². The number of rotatable bonds is 4. The molecule has 0 amide bonds. The number of benzene rings is 1. The van der Waals surface area contributed by atoms with Crippen LogP contribution in [0.15, 0.2) is 24.3 Å². The number of hydrogen-bond acceptors (Lipinski definition) is 2. The van der Waals surface area contributed by atoms with Gasteiger partial charge in [-0.25, -0.2) is 0 Å². The van der Waals surface area contributed by atoms with E-state index in [4.69, 9.17) is 5.11 Å². The molecule has 0 radical (unpaired) electrons. The van der Waals surface area contributed by atoms with Crippen molar-refractivity contribution in [2.75, 3.05) is 6.61 Å². The monoisotopic (exact) mass is 248 g/mol. The highest BCUT2D eigenvalue weighted by atomic mass is 16.4. The van der Waals surface area contributed by atoms with Crippen LogP contribution in [-0.4, -0.2) is 22.8 Å². The Kier molecular flexibility index (Phi) is 4.02. The number of hydrogen-bond donors (Lipinski definition) is 2.